The van der Waals surface area contributed by atoms with Crippen molar-refractivity contribution < 1.29 is 0 Å². The maximum absolute atomic E-state index is 4.29. The number of fused-ring (bicyclic) bond motifs is 1. The second-order valence-corrected chi connectivity index (χ2v) is 6.97. The number of hydrogen-bond acceptors (Lipinski definition) is 3. The molecule has 2 aliphatic heterocycles. The van der Waals surface area contributed by atoms with E-state index in [0.29, 0.717) is 0 Å². The summed E-state index contributed by atoms with van der Waals surface area (Å²) in [5, 5.41) is 4.29. The molecule has 1 aromatic heterocycles. The highest BCUT2D eigenvalue weighted by atomic mass is 15.3. The fraction of sp³-hybridized carbons (Fsp3) is 0.706. The minimum absolute atomic E-state index is 0.874. The largest absolute Gasteiger partial charge is 0.299 e. The number of likely N-dealkylation sites (tertiary alicyclic amines) is 2. The quantitative estimate of drug-likeness (QED) is 0.849. The summed E-state index contributed by atoms with van der Waals surface area (Å²) in [6, 6.07) is 1.81. The van der Waals surface area contributed by atoms with Gasteiger partial charge in [-0.1, -0.05) is 6.58 Å². The summed E-state index contributed by atoms with van der Waals surface area (Å²) in [7, 11) is 0. The van der Waals surface area contributed by atoms with Gasteiger partial charge >= 0.3 is 0 Å². The van der Waals surface area contributed by atoms with Crippen molar-refractivity contribution in [3.63, 3.8) is 0 Å². The van der Waals surface area contributed by atoms with Crippen LogP contribution in [0.1, 0.15) is 37.7 Å². The minimum atomic E-state index is 0.874. The van der Waals surface area contributed by atoms with Gasteiger partial charge in [-0.3, -0.25) is 9.80 Å². The third-order valence-electron chi connectivity index (χ3n) is 5.46. The second-order valence-electron chi connectivity index (χ2n) is 6.97. The van der Waals surface area contributed by atoms with Gasteiger partial charge in [-0.25, -0.2) is 4.68 Å². The van der Waals surface area contributed by atoms with E-state index in [2.05, 4.69) is 27.7 Å². The first-order chi connectivity index (χ1) is 10.3. The number of aromatic nitrogens is 2. The molecule has 4 nitrogen and oxygen atoms in total. The van der Waals surface area contributed by atoms with E-state index in [9.17, 15) is 0 Å². The van der Waals surface area contributed by atoms with Gasteiger partial charge in [0.15, 0.2) is 0 Å². The standard InChI is InChI=1S/C17H26N4/c1-2-20-12-14(10-18-20)11-19-9-7-17-15(13-19)4-3-8-21(17)16-5-6-16/h2,10,12,15-17H,1,3-9,11,13H2/t15-,17-/m1/s1. The molecule has 114 valence electrons. The molecular weight excluding hydrogens is 260 g/mol. The Kier molecular flexibility index (Phi) is 3.59. The van der Waals surface area contributed by atoms with Crippen LogP contribution in [0.4, 0.5) is 0 Å². The van der Waals surface area contributed by atoms with Crippen LogP contribution in [0.25, 0.3) is 6.20 Å². The Bertz CT molecular complexity index is 505. The zero-order chi connectivity index (χ0) is 14.2. The molecule has 0 N–H and O–H groups in total. The summed E-state index contributed by atoms with van der Waals surface area (Å²) in [5.74, 6) is 0.891. The molecule has 3 aliphatic rings. The molecule has 1 saturated carbocycles. The van der Waals surface area contributed by atoms with Crippen molar-refractivity contribution in [3.05, 3.63) is 24.5 Å². The lowest BCUT2D eigenvalue weighted by atomic mass is 9.83. The van der Waals surface area contributed by atoms with Gasteiger partial charge in [0.1, 0.15) is 0 Å². The van der Waals surface area contributed by atoms with Gasteiger partial charge < -0.3 is 0 Å². The molecule has 21 heavy (non-hydrogen) atoms. The van der Waals surface area contributed by atoms with Crippen molar-refractivity contribution >= 4 is 6.20 Å². The third-order valence-corrected chi connectivity index (χ3v) is 5.46. The van der Waals surface area contributed by atoms with Crippen molar-refractivity contribution in [1.82, 2.24) is 19.6 Å². The SMILES string of the molecule is C=Cn1cc(CN2CC[C@@H]3[C@H](CCCN3C3CC3)C2)cn1. The molecule has 0 amide bonds. The molecule has 0 spiro atoms. The lowest BCUT2D eigenvalue weighted by molar-refractivity contribution is 0.0154. The fourth-order valence-electron chi connectivity index (χ4n) is 4.34. The van der Waals surface area contributed by atoms with Crippen LogP contribution in [0, 0.1) is 5.92 Å². The predicted octanol–water partition coefficient (Wildman–Crippen LogP) is 2.43. The number of hydrogen-bond donors (Lipinski definition) is 0. The number of piperidine rings is 2. The fourth-order valence-corrected chi connectivity index (χ4v) is 4.34. The zero-order valence-corrected chi connectivity index (χ0v) is 12.8. The first-order valence-electron chi connectivity index (χ1n) is 8.47. The highest BCUT2D eigenvalue weighted by molar-refractivity contribution is 5.17. The van der Waals surface area contributed by atoms with E-state index in [1.165, 1.54) is 57.3 Å². The lowest BCUT2D eigenvalue weighted by Crippen LogP contribution is -2.54. The summed E-state index contributed by atoms with van der Waals surface area (Å²) < 4.78 is 1.80. The number of rotatable bonds is 4. The highest BCUT2D eigenvalue weighted by Gasteiger charge is 2.41. The Morgan fingerprint density at radius 1 is 1.24 bits per heavy atom. The van der Waals surface area contributed by atoms with Gasteiger partial charge in [0, 0.05) is 43.1 Å². The average Bonchev–Trinajstić information content (AvgIpc) is 3.26. The molecule has 0 bridgehead atoms. The van der Waals surface area contributed by atoms with Crippen LogP contribution in [0.2, 0.25) is 0 Å². The van der Waals surface area contributed by atoms with Gasteiger partial charge in [0.2, 0.25) is 0 Å². The minimum Gasteiger partial charge on any atom is -0.299 e. The van der Waals surface area contributed by atoms with Gasteiger partial charge in [-0.05, 0) is 51.1 Å². The summed E-state index contributed by atoms with van der Waals surface area (Å²) in [6.45, 7) is 8.67. The third kappa shape index (κ3) is 2.79. The van der Waals surface area contributed by atoms with Crippen LogP contribution < -0.4 is 0 Å². The van der Waals surface area contributed by atoms with E-state index >= 15 is 0 Å². The smallest absolute Gasteiger partial charge is 0.0539 e. The van der Waals surface area contributed by atoms with E-state index in [4.69, 9.17) is 0 Å². The molecule has 4 heteroatoms. The summed E-state index contributed by atoms with van der Waals surface area (Å²) >= 11 is 0. The number of nitrogens with zero attached hydrogens (tertiary/aromatic N) is 4. The Balaban J connectivity index is 1.38. The van der Waals surface area contributed by atoms with Gasteiger partial charge in [-0.2, -0.15) is 5.10 Å². The van der Waals surface area contributed by atoms with Crippen LogP contribution in [-0.2, 0) is 6.54 Å². The molecule has 2 saturated heterocycles. The Labute approximate surface area is 127 Å². The predicted molar refractivity (Wildman–Crippen MR) is 84.7 cm³/mol. The second kappa shape index (κ2) is 5.58. The zero-order valence-electron chi connectivity index (χ0n) is 12.8. The first kappa shape index (κ1) is 13.5. The van der Waals surface area contributed by atoms with Crippen LogP contribution in [-0.4, -0.2) is 51.3 Å². The van der Waals surface area contributed by atoms with Crippen molar-refractivity contribution in [2.24, 2.45) is 5.92 Å². The van der Waals surface area contributed by atoms with Gasteiger partial charge in [0.25, 0.3) is 0 Å². The van der Waals surface area contributed by atoms with E-state index in [0.717, 1.165) is 24.5 Å². The summed E-state index contributed by atoms with van der Waals surface area (Å²) in [4.78, 5) is 5.48. The van der Waals surface area contributed by atoms with E-state index in [-0.39, 0.29) is 0 Å². The van der Waals surface area contributed by atoms with Crippen LogP contribution >= 0.6 is 0 Å². The molecular formula is C17H26N4. The van der Waals surface area contributed by atoms with Crippen molar-refractivity contribution in [2.75, 3.05) is 19.6 Å². The Morgan fingerprint density at radius 3 is 2.90 bits per heavy atom. The van der Waals surface area contributed by atoms with E-state index < -0.39 is 0 Å². The summed E-state index contributed by atoms with van der Waals surface area (Å²) in [5.41, 5.74) is 1.31. The molecule has 1 aromatic rings. The molecule has 0 radical (unpaired) electrons. The van der Waals surface area contributed by atoms with E-state index in [1.807, 2.05) is 6.20 Å². The van der Waals surface area contributed by atoms with Gasteiger partial charge in [-0.15, -0.1) is 0 Å². The highest BCUT2D eigenvalue weighted by Crippen LogP contribution is 2.38. The monoisotopic (exact) mass is 286 g/mol. The Hall–Kier alpha value is -1.13. The first-order valence-corrected chi connectivity index (χ1v) is 8.47. The van der Waals surface area contributed by atoms with E-state index in [1.54, 1.807) is 10.9 Å². The molecule has 0 unspecified atom stereocenters. The van der Waals surface area contributed by atoms with Crippen molar-refractivity contribution in [1.29, 1.82) is 0 Å². The maximum Gasteiger partial charge on any atom is 0.0539 e. The molecule has 3 heterocycles. The van der Waals surface area contributed by atoms with Crippen LogP contribution in [0.3, 0.4) is 0 Å². The molecule has 4 rings (SSSR count). The maximum atomic E-state index is 4.29. The average molecular weight is 286 g/mol. The van der Waals surface area contributed by atoms with Crippen LogP contribution in [0.5, 0.6) is 0 Å². The molecule has 1 aliphatic carbocycles. The molecule has 2 atom stereocenters. The van der Waals surface area contributed by atoms with Gasteiger partial charge in [0.05, 0.1) is 6.20 Å². The van der Waals surface area contributed by atoms with Crippen molar-refractivity contribution in [2.45, 2.75) is 50.7 Å². The summed E-state index contributed by atoms with van der Waals surface area (Å²) in [6.07, 6.45) is 12.9. The topological polar surface area (TPSA) is 24.3 Å². The molecule has 0 aromatic carbocycles. The molecule has 3 fully saturated rings. The normalized spacial score (nSPS) is 31.0. The lowest BCUT2D eigenvalue weighted by Gasteiger charge is -2.47. The Morgan fingerprint density at radius 2 is 2.14 bits per heavy atom. The van der Waals surface area contributed by atoms with Crippen molar-refractivity contribution in [3.8, 4) is 0 Å². The van der Waals surface area contributed by atoms with Crippen LogP contribution in [0.15, 0.2) is 19.0 Å².